The summed E-state index contributed by atoms with van der Waals surface area (Å²) in [4.78, 5) is 65.7. The number of hydrogen-bond acceptors (Lipinski definition) is 21. The summed E-state index contributed by atoms with van der Waals surface area (Å²) in [6, 6.07) is 20.8. The first kappa shape index (κ1) is 80.0. The van der Waals surface area contributed by atoms with Crippen molar-refractivity contribution in [3.63, 3.8) is 0 Å². The molecule has 0 aliphatic carbocycles. The molecule has 115 heavy (non-hydrogen) atoms. The zero-order valence-corrected chi connectivity index (χ0v) is 66.6. The van der Waals surface area contributed by atoms with Crippen LogP contribution >= 0.6 is 11.6 Å². The molecular formula is C84H97ClF6N24. The first-order valence-electron chi connectivity index (χ1n) is 40.1. The van der Waals surface area contributed by atoms with Crippen molar-refractivity contribution in [2.45, 2.75) is 119 Å². The Hall–Kier alpha value is -10.2. The number of rotatable bonds is 19. The van der Waals surface area contributed by atoms with Gasteiger partial charge in [-0.05, 0) is 120 Å². The monoisotopic (exact) mass is 1590 g/mol. The topological polar surface area (TPSA) is 239 Å². The van der Waals surface area contributed by atoms with E-state index in [0.717, 1.165) is 210 Å². The Morgan fingerprint density at radius 3 is 1.00 bits per heavy atom. The van der Waals surface area contributed by atoms with Crippen molar-refractivity contribution in [2.75, 3.05) is 115 Å². The predicted molar refractivity (Wildman–Crippen MR) is 435 cm³/mol. The largest absolute Gasteiger partial charge is 0.384 e. The number of pyridine rings is 3. The van der Waals surface area contributed by atoms with Crippen LogP contribution in [-0.2, 0) is 58.5 Å². The van der Waals surface area contributed by atoms with Crippen LogP contribution < -0.4 is 16.4 Å². The van der Waals surface area contributed by atoms with E-state index in [4.69, 9.17) is 17.3 Å². The number of likely N-dealkylation sites (N-methyl/N-ethyl adjacent to an activating group) is 3. The molecule has 0 saturated carbocycles. The summed E-state index contributed by atoms with van der Waals surface area (Å²) in [5, 5.41) is 6.03. The summed E-state index contributed by atoms with van der Waals surface area (Å²) in [7, 11) is 0. The van der Waals surface area contributed by atoms with Crippen molar-refractivity contribution in [1.29, 1.82) is 0 Å². The van der Waals surface area contributed by atoms with E-state index in [0.29, 0.717) is 85.0 Å². The number of benzene rings is 3. The minimum atomic E-state index is -0.638. The second-order valence-corrected chi connectivity index (χ2v) is 30.9. The fourth-order valence-electron chi connectivity index (χ4n) is 16.1. The number of nitrogens with zero attached hydrogens (tertiary/aromatic N) is 21. The smallest absolute Gasteiger partial charge is 0.229 e. The van der Waals surface area contributed by atoms with Crippen molar-refractivity contribution in [3.05, 3.63) is 184 Å². The average Bonchev–Trinajstić information content (AvgIpc) is 1.62. The second kappa shape index (κ2) is 35.9. The zero-order chi connectivity index (χ0) is 80.0. The number of nitrogen functional groups attached to an aromatic ring is 1. The van der Waals surface area contributed by atoms with E-state index in [-0.39, 0.29) is 34.3 Å². The van der Waals surface area contributed by atoms with Gasteiger partial charge in [-0.1, -0.05) is 79.0 Å². The van der Waals surface area contributed by atoms with Gasteiger partial charge in [0.15, 0.2) is 34.9 Å². The predicted octanol–water partition coefficient (Wildman–Crippen LogP) is 14.1. The number of nitrogens with two attached hydrogens (primary N) is 1. The Labute approximate surface area is 669 Å². The maximum absolute atomic E-state index is 15.0. The van der Waals surface area contributed by atoms with Gasteiger partial charge in [0.2, 0.25) is 17.2 Å². The lowest BCUT2D eigenvalue weighted by Crippen LogP contribution is -2.45. The van der Waals surface area contributed by atoms with Crippen LogP contribution in [0.25, 0.3) is 66.9 Å². The Morgan fingerprint density at radius 2 is 0.687 bits per heavy atom. The Balaban J connectivity index is 0.000000127. The van der Waals surface area contributed by atoms with E-state index >= 15 is 8.78 Å². The summed E-state index contributed by atoms with van der Waals surface area (Å²) in [5.41, 5.74) is 13.1. The molecular weight excluding hydrogens is 1490 g/mol. The van der Waals surface area contributed by atoms with Gasteiger partial charge in [0, 0.05) is 172 Å². The highest BCUT2D eigenvalue weighted by molar-refractivity contribution is 6.28. The van der Waals surface area contributed by atoms with Gasteiger partial charge < -0.3 is 44.8 Å². The van der Waals surface area contributed by atoms with E-state index in [1.807, 2.05) is 62.6 Å². The van der Waals surface area contributed by atoms with Crippen LogP contribution in [0, 0.1) is 52.7 Å². The number of imidazole rings is 3. The molecule has 9 aromatic heterocycles. The molecule has 18 rings (SSSR count). The van der Waals surface area contributed by atoms with Gasteiger partial charge >= 0.3 is 0 Å². The lowest BCUT2D eigenvalue weighted by molar-refractivity contribution is 0.132. The third kappa shape index (κ3) is 18.5. The van der Waals surface area contributed by atoms with Crippen molar-refractivity contribution >= 4 is 74.1 Å². The van der Waals surface area contributed by atoms with Crippen LogP contribution in [0.15, 0.2) is 110 Å². The molecule has 0 radical (unpaired) electrons. The number of halogens is 7. The van der Waals surface area contributed by atoms with Gasteiger partial charge in [-0.3, -0.25) is 14.7 Å². The summed E-state index contributed by atoms with van der Waals surface area (Å²) in [6.07, 6.45) is 14.4. The summed E-state index contributed by atoms with van der Waals surface area (Å²) in [5.74, 6) is 2.93. The molecule has 12 aromatic rings. The Morgan fingerprint density at radius 1 is 0.365 bits per heavy atom. The molecule has 3 fully saturated rings. The van der Waals surface area contributed by atoms with Crippen LogP contribution in [0.1, 0.15) is 95.0 Å². The number of hydrogen-bond donors (Lipinski definition) is 3. The highest BCUT2D eigenvalue weighted by Gasteiger charge is 2.31. The van der Waals surface area contributed by atoms with E-state index in [1.165, 1.54) is 36.9 Å². The van der Waals surface area contributed by atoms with Crippen molar-refractivity contribution in [3.8, 4) is 33.8 Å². The lowest BCUT2D eigenvalue weighted by Gasteiger charge is -2.33. The fraction of sp³-hybridized carbons (Fsp3) is 0.429. The number of anilines is 5. The van der Waals surface area contributed by atoms with Crippen LogP contribution in [0.2, 0.25) is 5.28 Å². The number of piperazine rings is 3. The van der Waals surface area contributed by atoms with Gasteiger partial charge in [-0.15, -0.1) is 0 Å². The normalized spacial score (nSPS) is 18.1. The molecule has 0 bridgehead atoms. The third-order valence-corrected chi connectivity index (χ3v) is 23.3. The Bertz CT molecular complexity index is 5150. The lowest BCUT2D eigenvalue weighted by atomic mass is 10.1. The van der Waals surface area contributed by atoms with E-state index in [9.17, 15) is 17.6 Å². The molecule has 3 aromatic carbocycles. The van der Waals surface area contributed by atoms with Crippen LogP contribution in [0.3, 0.4) is 0 Å². The number of nitrogens with one attached hydrogen (secondary N) is 2. The molecule has 15 heterocycles. The molecule has 6 aliphatic heterocycles. The molecule has 24 nitrogen and oxygen atoms in total. The molecule has 3 saturated heterocycles. The van der Waals surface area contributed by atoms with Crippen molar-refractivity contribution in [1.82, 2.24) is 103 Å². The molecule has 0 spiro atoms. The average molecular weight is 1590 g/mol. The third-order valence-electron chi connectivity index (χ3n) is 23.1. The molecule has 31 heteroatoms. The quantitative estimate of drug-likeness (QED) is 0.0504. The van der Waals surface area contributed by atoms with Gasteiger partial charge in [0.05, 0.1) is 35.1 Å². The van der Waals surface area contributed by atoms with Gasteiger partial charge in [0.25, 0.3) is 0 Å². The molecule has 3 unspecified atom stereocenters. The molecule has 3 atom stereocenters. The zero-order valence-electron chi connectivity index (χ0n) is 65.8. The summed E-state index contributed by atoms with van der Waals surface area (Å²) >= 11 is 5.74. The van der Waals surface area contributed by atoms with Gasteiger partial charge in [-0.25, -0.2) is 86.2 Å². The maximum atomic E-state index is 15.0. The van der Waals surface area contributed by atoms with Crippen LogP contribution in [0.5, 0.6) is 0 Å². The molecule has 602 valence electrons. The van der Waals surface area contributed by atoms with E-state index in [1.54, 1.807) is 18.2 Å². The molecule has 6 aliphatic rings. The first-order chi connectivity index (χ1) is 55.8. The van der Waals surface area contributed by atoms with Gasteiger partial charge in [0.1, 0.15) is 68.6 Å². The van der Waals surface area contributed by atoms with Crippen LogP contribution in [-0.4, -0.2) is 201 Å². The van der Waals surface area contributed by atoms with Crippen molar-refractivity contribution in [2.24, 2.45) is 17.8 Å². The minimum absolute atomic E-state index is 0.00797. The molecule has 4 N–H and O–H groups in total. The highest BCUT2D eigenvalue weighted by Crippen LogP contribution is 2.38. The van der Waals surface area contributed by atoms with Crippen molar-refractivity contribution < 1.29 is 26.3 Å². The number of fused-ring (bicyclic) bond motifs is 9. The summed E-state index contributed by atoms with van der Waals surface area (Å²) < 4.78 is 94.2. The molecule has 0 amide bonds. The van der Waals surface area contributed by atoms with E-state index in [2.05, 4.69) is 147 Å². The standard InChI is InChI=1S/2C28H32F2N8.C16H13ClF2N4.C12H20N4/c2*1-3-18-11-25-34-27-21(29)12-20(13-23(27)38(25)17-18)26-22(30)15-32-28(35-26)33-24-6-5-19(14-31-24)16-37-9-7-36(4-2)8-10-37;1-2-8-3-13-21-15-10(18)4-9(5-12(15)23(13)7-8)14-11(19)6-20-16(17)22-14;1-2-15-5-7-16(8-6-15)10-11-3-4-12(13)14-9-11/h2*5-6,12-15,18H,3-4,7-11,16-17H2,1-2H3,(H,31,32,33,35);4-6,8H,2-3,7H2,1H3;3-4,9H,2,5-8,10H2,1H3,(H2,13,14). The highest BCUT2D eigenvalue weighted by atomic mass is 35.5. The fourth-order valence-corrected chi connectivity index (χ4v) is 16.2. The SMILES string of the molecule is CCC1Cc2nc3c(F)cc(-c4nc(Cl)ncc4F)cc3n2C1.CCC1Cc2nc3c(F)cc(-c4nc(Nc5ccc(CN6CCN(CC)CC6)cn5)ncc4F)cc3n2C1.CCC1Cc2nc3c(F)cc(-c4nc(Nc5ccc(CN6CCN(CC)CC6)cn5)ncc4F)cc3n2C1.CCN1CCN(Cc2ccc(N)nc2)CC1. The van der Waals surface area contributed by atoms with Gasteiger partial charge in [-0.2, -0.15) is 0 Å². The van der Waals surface area contributed by atoms with Crippen LogP contribution in [0.4, 0.5) is 55.7 Å². The number of aromatic nitrogens is 15. The second-order valence-electron chi connectivity index (χ2n) is 30.5. The summed E-state index contributed by atoms with van der Waals surface area (Å²) in [6.45, 7) is 34.7. The first-order valence-corrected chi connectivity index (χ1v) is 40.5. The minimum Gasteiger partial charge on any atom is -0.384 e. The van der Waals surface area contributed by atoms with E-state index < -0.39 is 34.9 Å². The maximum Gasteiger partial charge on any atom is 0.229 e. The Kier molecular flexibility index (Phi) is 25.0.